The van der Waals surface area contributed by atoms with Gasteiger partial charge >= 0.3 is 0 Å². The molecule has 2 atom stereocenters. The molecule has 0 amide bonds. The molecule has 0 aromatic carbocycles. The predicted octanol–water partition coefficient (Wildman–Crippen LogP) is 2.78. The van der Waals surface area contributed by atoms with Crippen LogP contribution in [-0.4, -0.2) is 37.6 Å². The molecule has 2 heterocycles. The van der Waals surface area contributed by atoms with Crippen molar-refractivity contribution in [1.82, 2.24) is 0 Å². The summed E-state index contributed by atoms with van der Waals surface area (Å²) < 4.78 is 16.5. The normalized spacial score (nSPS) is 28.2. The van der Waals surface area contributed by atoms with Gasteiger partial charge in [0.25, 0.3) is 0 Å². The van der Waals surface area contributed by atoms with Gasteiger partial charge in [0.05, 0.1) is 31.5 Å². The standard InChI is InChI=1S/C14H26O3/c1-13(2,7-5-6-11-8-15-11)14(3,4)17-10-12-9-16-12/h11-12H,5-10H2,1-4H3. The van der Waals surface area contributed by atoms with Crippen LogP contribution in [0.5, 0.6) is 0 Å². The maximum absolute atomic E-state index is 6.04. The van der Waals surface area contributed by atoms with Crippen LogP contribution in [0.2, 0.25) is 0 Å². The Morgan fingerprint density at radius 2 is 1.65 bits per heavy atom. The van der Waals surface area contributed by atoms with Gasteiger partial charge in [-0.15, -0.1) is 0 Å². The molecule has 0 N–H and O–H groups in total. The van der Waals surface area contributed by atoms with E-state index >= 15 is 0 Å². The van der Waals surface area contributed by atoms with Gasteiger partial charge in [0.1, 0.15) is 6.10 Å². The lowest BCUT2D eigenvalue weighted by atomic mass is 9.73. The monoisotopic (exact) mass is 242 g/mol. The van der Waals surface area contributed by atoms with E-state index in [4.69, 9.17) is 14.2 Å². The molecular formula is C14H26O3. The zero-order chi connectivity index (χ0) is 12.5. The minimum Gasteiger partial charge on any atom is -0.373 e. The lowest BCUT2D eigenvalue weighted by molar-refractivity contribution is -0.105. The number of rotatable bonds is 8. The van der Waals surface area contributed by atoms with Crippen molar-refractivity contribution in [2.45, 2.75) is 64.8 Å². The van der Waals surface area contributed by atoms with Crippen LogP contribution < -0.4 is 0 Å². The predicted molar refractivity (Wildman–Crippen MR) is 67.1 cm³/mol. The second-order valence-corrected chi connectivity index (χ2v) is 6.51. The maximum Gasteiger partial charge on any atom is 0.104 e. The molecule has 0 bridgehead atoms. The molecule has 2 fully saturated rings. The summed E-state index contributed by atoms with van der Waals surface area (Å²) in [6, 6.07) is 0. The highest BCUT2D eigenvalue weighted by molar-refractivity contribution is 4.89. The van der Waals surface area contributed by atoms with E-state index in [9.17, 15) is 0 Å². The highest BCUT2D eigenvalue weighted by atomic mass is 16.6. The van der Waals surface area contributed by atoms with Crippen LogP contribution in [0.15, 0.2) is 0 Å². The van der Waals surface area contributed by atoms with Crippen molar-refractivity contribution in [3.63, 3.8) is 0 Å². The topological polar surface area (TPSA) is 34.3 Å². The molecule has 0 spiro atoms. The minimum absolute atomic E-state index is 0.0939. The molecule has 3 nitrogen and oxygen atoms in total. The molecule has 0 aromatic rings. The summed E-state index contributed by atoms with van der Waals surface area (Å²) in [5.74, 6) is 0. The summed E-state index contributed by atoms with van der Waals surface area (Å²) in [6.45, 7) is 11.6. The lowest BCUT2D eigenvalue weighted by Gasteiger charge is -2.41. The fourth-order valence-corrected chi connectivity index (χ4v) is 1.97. The third kappa shape index (κ3) is 3.94. The summed E-state index contributed by atoms with van der Waals surface area (Å²) in [7, 11) is 0. The Morgan fingerprint density at radius 3 is 2.18 bits per heavy atom. The fourth-order valence-electron chi connectivity index (χ4n) is 1.97. The van der Waals surface area contributed by atoms with E-state index in [2.05, 4.69) is 27.7 Å². The molecule has 0 aromatic heterocycles. The van der Waals surface area contributed by atoms with Crippen molar-refractivity contribution in [2.24, 2.45) is 5.41 Å². The Bertz CT molecular complexity index is 252. The highest BCUT2D eigenvalue weighted by Gasteiger charge is 2.39. The largest absolute Gasteiger partial charge is 0.373 e. The molecular weight excluding hydrogens is 216 g/mol. The molecule has 100 valence electrons. The molecule has 2 saturated heterocycles. The van der Waals surface area contributed by atoms with Crippen molar-refractivity contribution >= 4 is 0 Å². The Hall–Kier alpha value is -0.120. The van der Waals surface area contributed by atoms with Crippen LogP contribution >= 0.6 is 0 Å². The van der Waals surface area contributed by atoms with Crippen molar-refractivity contribution in [1.29, 1.82) is 0 Å². The van der Waals surface area contributed by atoms with E-state index in [0.29, 0.717) is 12.2 Å². The number of hydrogen-bond acceptors (Lipinski definition) is 3. The Balaban J connectivity index is 1.72. The molecule has 17 heavy (non-hydrogen) atoms. The van der Waals surface area contributed by atoms with Crippen LogP contribution in [-0.2, 0) is 14.2 Å². The van der Waals surface area contributed by atoms with Gasteiger partial charge in [-0.2, -0.15) is 0 Å². The average molecular weight is 242 g/mol. The van der Waals surface area contributed by atoms with Crippen molar-refractivity contribution < 1.29 is 14.2 Å². The molecule has 2 rings (SSSR count). The van der Waals surface area contributed by atoms with E-state index in [1.807, 2.05) is 0 Å². The zero-order valence-electron chi connectivity index (χ0n) is 11.6. The first-order valence-electron chi connectivity index (χ1n) is 6.78. The van der Waals surface area contributed by atoms with Crippen LogP contribution in [0.25, 0.3) is 0 Å². The summed E-state index contributed by atoms with van der Waals surface area (Å²) in [6.07, 6.45) is 4.51. The van der Waals surface area contributed by atoms with Crippen molar-refractivity contribution in [2.75, 3.05) is 19.8 Å². The molecule has 0 saturated carbocycles. The van der Waals surface area contributed by atoms with Gasteiger partial charge in [0, 0.05) is 0 Å². The summed E-state index contributed by atoms with van der Waals surface area (Å²) in [5.41, 5.74) is 0.0974. The first kappa shape index (κ1) is 13.3. The van der Waals surface area contributed by atoms with Crippen LogP contribution in [0.4, 0.5) is 0 Å². The fraction of sp³-hybridized carbons (Fsp3) is 1.00. The Kier molecular flexibility index (Phi) is 3.81. The number of epoxide rings is 2. The second-order valence-electron chi connectivity index (χ2n) is 6.51. The third-order valence-corrected chi connectivity index (χ3v) is 4.39. The van der Waals surface area contributed by atoms with Crippen LogP contribution in [0.1, 0.15) is 47.0 Å². The lowest BCUT2D eigenvalue weighted by Crippen LogP contribution is -2.42. The van der Waals surface area contributed by atoms with Gasteiger partial charge in [0.15, 0.2) is 0 Å². The molecule has 3 heteroatoms. The molecule has 2 unspecified atom stereocenters. The van der Waals surface area contributed by atoms with Gasteiger partial charge in [-0.1, -0.05) is 20.3 Å². The third-order valence-electron chi connectivity index (χ3n) is 4.39. The summed E-state index contributed by atoms with van der Waals surface area (Å²) >= 11 is 0. The van der Waals surface area contributed by atoms with E-state index in [1.165, 1.54) is 19.3 Å². The smallest absolute Gasteiger partial charge is 0.104 e. The average Bonchev–Trinajstić information content (AvgIpc) is 3.10. The van der Waals surface area contributed by atoms with E-state index in [0.717, 1.165) is 19.8 Å². The van der Waals surface area contributed by atoms with Crippen molar-refractivity contribution in [3.8, 4) is 0 Å². The minimum atomic E-state index is -0.0939. The number of ether oxygens (including phenoxy) is 3. The summed E-state index contributed by atoms with van der Waals surface area (Å²) in [5, 5.41) is 0. The quantitative estimate of drug-likeness (QED) is 0.614. The molecule has 0 radical (unpaired) electrons. The Morgan fingerprint density at radius 1 is 1.06 bits per heavy atom. The van der Waals surface area contributed by atoms with Crippen LogP contribution in [0.3, 0.4) is 0 Å². The van der Waals surface area contributed by atoms with Gasteiger partial charge in [-0.05, 0) is 32.1 Å². The summed E-state index contributed by atoms with van der Waals surface area (Å²) in [4.78, 5) is 0. The van der Waals surface area contributed by atoms with Crippen molar-refractivity contribution in [3.05, 3.63) is 0 Å². The maximum atomic E-state index is 6.04. The van der Waals surface area contributed by atoms with E-state index in [1.54, 1.807) is 0 Å². The number of hydrogen-bond donors (Lipinski definition) is 0. The van der Waals surface area contributed by atoms with Gasteiger partial charge in [0.2, 0.25) is 0 Å². The highest BCUT2D eigenvalue weighted by Crippen LogP contribution is 2.39. The SMILES string of the molecule is CC(C)(CCCC1CO1)C(C)(C)OCC1CO1. The van der Waals surface area contributed by atoms with Gasteiger partial charge < -0.3 is 14.2 Å². The molecule has 2 aliphatic heterocycles. The molecule has 2 aliphatic rings. The van der Waals surface area contributed by atoms with Gasteiger partial charge in [-0.3, -0.25) is 0 Å². The van der Waals surface area contributed by atoms with E-state index < -0.39 is 0 Å². The van der Waals surface area contributed by atoms with Crippen LogP contribution in [0, 0.1) is 5.41 Å². The van der Waals surface area contributed by atoms with E-state index in [-0.39, 0.29) is 11.0 Å². The first-order chi connectivity index (χ1) is 7.91. The molecule has 0 aliphatic carbocycles. The second kappa shape index (κ2) is 4.87. The first-order valence-corrected chi connectivity index (χ1v) is 6.78. The van der Waals surface area contributed by atoms with Gasteiger partial charge in [-0.25, -0.2) is 0 Å². The Labute approximate surface area is 105 Å². The zero-order valence-corrected chi connectivity index (χ0v) is 11.6.